The largest absolute Gasteiger partial charge is 0.399 e. The standard InChI is InChI=1S/C15H21N5/c1-4-9-20(10-13-5-7-14(16)8-6-13)15-17-11(2)12(3)18-19-15/h5-8H,4,9-10,16H2,1-3H3. The molecule has 0 unspecified atom stereocenters. The van der Waals surface area contributed by atoms with E-state index in [1.165, 1.54) is 5.56 Å². The summed E-state index contributed by atoms with van der Waals surface area (Å²) >= 11 is 0. The smallest absolute Gasteiger partial charge is 0.245 e. The molecule has 1 aromatic carbocycles. The third-order valence-corrected chi connectivity index (χ3v) is 3.21. The molecule has 2 N–H and O–H groups in total. The molecule has 1 aromatic heterocycles. The Morgan fingerprint density at radius 1 is 1.05 bits per heavy atom. The number of hydrogen-bond acceptors (Lipinski definition) is 5. The summed E-state index contributed by atoms with van der Waals surface area (Å²) in [5, 5.41) is 8.38. The van der Waals surface area contributed by atoms with Gasteiger partial charge in [0.2, 0.25) is 5.95 Å². The lowest BCUT2D eigenvalue weighted by atomic mass is 10.2. The van der Waals surface area contributed by atoms with Crippen molar-refractivity contribution in [3.05, 3.63) is 41.2 Å². The first-order chi connectivity index (χ1) is 9.60. The van der Waals surface area contributed by atoms with Crippen molar-refractivity contribution < 1.29 is 0 Å². The minimum absolute atomic E-state index is 0.687. The van der Waals surface area contributed by atoms with Gasteiger partial charge in [0.25, 0.3) is 0 Å². The summed E-state index contributed by atoms with van der Waals surface area (Å²) in [6.07, 6.45) is 1.03. The topological polar surface area (TPSA) is 67.9 Å². The van der Waals surface area contributed by atoms with Crippen molar-refractivity contribution >= 4 is 11.6 Å². The van der Waals surface area contributed by atoms with Gasteiger partial charge in [-0.15, -0.1) is 5.10 Å². The lowest BCUT2D eigenvalue weighted by molar-refractivity contribution is 0.717. The fourth-order valence-electron chi connectivity index (χ4n) is 1.94. The maximum atomic E-state index is 5.72. The monoisotopic (exact) mass is 271 g/mol. The molecule has 0 fully saturated rings. The van der Waals surface area contributed by atoms with E-state index in [4.69, 9.17) is 5.73 Å². The SMILES string of the molecule is CCCN(Cc1ccc(N)cc1)c1nnc(C)c(C)n1. The van der Waals surface area contributed by atoms with Gasteiger partial charge in [-0.1, -0.05) is 19.1 Å². The summed E-state index contributed by atoms with van der Waals surface area (Å²) in [6, 6.07) is 7.90. The van der Waals surface area contributed by atoms with Gasteiger partial charge < -0.3 is 10.6 Å². The minimum Gasteiger partial charge on any atom is -0.399 e. The molecule has 5 heteroatoms. The number of aryl methyl sites for hydroxylation is 2. The molecule has 0 aliphatic rings. The Morgan fingerprint density at radius 2 is 1.75 bits per heavy atom. The van der Waals surface area contributed by atoms with Gasteiger partial charge in [-0.3, -0.25) is 0 Å². The summed E-state index contributed by atoms with van der Waals surface area (Å²) in [4.78, 5) is 6.68. The van der Waals surface area contributed by atoms with Crippen LogP contribution >= 0.6 is 0 Å². The Morgan fingerprint density at radius 3 is 2.35 bits per heavy atom. The van der Waals surface area contributed by atoms with Crippen molar-refractivity contribution in [1.29, 1.82) is 0 Å². The molecule has 0 saturated heterocycles. The summed E-state index contributed by atoms with van der Waals surface area (Å²) < 4.78 is 0. The first-order valence-corrected chi connectivity index (χ1v) is 6.87. The van der Waals surface area contributed by atoms with E-state index in [9.17, 15) is 0 Å². The van der Waals surface area contributed by atoms with Crippen LogP contribution in [0.4, 0.5) is 11.6 Å². The van der Waals surface area contributed by atoms with Crippen molar-refractivity contribution in [3.63, 3.8) is 0 Å². The Balaban J connectivity index is 2.21. The molecule has 2 rings (SSSR count). The quantitative estimate of drug-likeness (QED) is 0.846. The van der Waals surface area contributed by atoms with Gasteiger partial charge in [0.05, 0.1) is 11.4 Å². The number of nitrogens with zero attached hydrogens (tertiary/aromatic N) is 4. The summed E-state index contributed by atoms with van der Waals surface area (Å²) in [5.41, 5.74) is 9.48. The molecule has 0 atom stereocenters. The van der Waals surface area contributed by atoms with Crippen molar-refractivity contribution in [1.82, 2.24) is 15.2 Å². The van der Waals surface area contributed by atoms with E-state index in [0.717, 1.165) is 36.6 Å². The number of aromatic nitrogens is 3. The van der Waals surface area contributed by atoms with Crippen LogP contribution in [0.25, 0.3) is 0 Å². The van der Waals surface area contributed by atoms with Gasteiger partial charge in [-0.25, -0.2) is 4.98 Å². The summed E-state index contributed by atoms with van der Waals surface area (Å²) in [5.74, 6) is 0.687. The van der Waals surface area contributed by atoms with E-state index in [-0.39, 0.29) is 0 Å². The van der Waals surface area contributed by atoms with Gasteiger partial charge in [-0.2, -0.15) is 5.10 Å². The number of nitrogen functional groups attached to an aromatic ring is 1. The third kappa shape index (κ3) is 3.44. The van der Waals surface area contributed by atoms with E-state index in [1.54, 1.807) is 0 Å². The van der Waals surface area contributed by atoms with Crippen LogP contribution in [0.5, 0.6) is 0 Å². The molecule has 20 heavy (non-hydrogen) atoms. The summed E-state index contributed by atoms with van der Waals surface area (Å²) in [7, 11) is 0. The number of nitrogens with two attached hydrogens (primary N) is 1. The maximum Gasteiger partial charge on any atom is 0.245 e. The number of rotatable bonds is 5. The van der Waals surface area contributed by atoms with Crippen LogP contribution in [-0.4, -0.2) is 21.7 Å². The average Bonchev–Trinajstić information content (AvgIpc) is 2.44. The second kappa shape index (κ2) is 6.32. The average molecular weight is 271 g/mol. The van der Waals surface area contributed by atoms with Gasteiger partial charge in [-0.05, 0) is 38.0 Å². The fraction of sp³-hybridized carbons (Fsp3) is 0.400. The van der Waals surface area contributed by atoms with Gasteiger partial charge in [0.1, 0.15) is 0 Å². The molecular weight excluding hydrogens is 250 g/mol. The third-order valence-electron chi connectivity index (χ3n) is 3.21. The fourth-order valence-corrected chi connectivity index (χ4v) is 1.94. The Kier molecular flexibility index (Phi) is 4.50. The zero-order valence-corrected chi connectivity index (χ0v) is 12.3. The first kappa shape index (κ1) is 14.2. The molecule has 0 amide bonds. The second-order valence-corrected chi connectivity index (χ2v) is 4.95. The van der Waals surface area contributed by atoms with Gasteiger partial charge >= 0.3 is 0 Å². The Labute approximate surface area is 119 Å². The lowest BCUT2D eigenvalue weighted by Gasteiger charge is -2.22. The normalized spacial score (nSPS) is 10.6. The molecule has 1 heterocycles. The number of hydrogen-bond donors (Lipinski definition) is 1. The van der Waals surface area contributed by atoms with Crippen molar-refractivity contribution in [2.45, 2.75) is 33.7 Å². The van der Waals surface area contributed by atoms with Gasteiger partial charge in [0.15, 0.2) is 0 Å². The Hall–Kier alpha value is -2.17. The van der Waals surface area contributed by atoms with Crippen molar-refractivity contribution in [3.8, 4) is 0 Å². The molecule has 106 valence electrons. The van der Waals surface area contributed by atoms with Crippen LogP contribution in [0.3, 0.4) is 0 Å². The number of anilines is 2. The molecule has 0 aliphatic carbocycles. The zero-order chi connectivity index (χ0) is 14.5. The van der Waals surface area contributed by atoms with Crippen LogP contribution < -0.4 is 10.6 Å². The molecule has 0 radical (unpaired) electrons. The van der Waals surface area contributed by atoms with E-state index in [2.05, 4.69) is 27.0 Å². The van der Waals surface area contributed by atoms with Crippen LogP contribution in [0.15, 0.2) is 24.3 Å². The lowest BCUT2D eigenvalue weighted by Crippen LogP contribution is -2.26. The predicted molar refractivity (Wildman–Crippen MR) is 81.5 cm³/mol. The van der Waals surface area contributed by atoms with Crippen molar-refractivity contribution in [2.24, 2.45) is 0 Å². The minimum atomic E-state index is 0.687. The Bertz CT molecular complexity index is 565. The summed E-state index contributed by atoms with van der Waals surface area (Å²) in [6.45, 7) is 7.68. The van der Waals surface area contributed by atoms with E-state index >= 15 is 0 Å². The van der Waals surface area contributed by atoms with Crippen LogP contribution in [-0.2, 0) is 6.54 Å². The van der Waals surface area contributed by atoms with E-state index in [1.807, 2.05) is 38.1 Å². The molecule has 5 nitrogen and oxygen atoms in total. The molecule has 0 aliphatic heterocycles. The molecule has 2 aromatic rings. The van der Waals surface area contributed by atoms with Crippen molar-refractivity contribution in [2.75, 3.05) is 17.2 Å². The predicted octanol–water partition coefficient (Wildman–Crippen LogP) is 2.49. The highest BCUT2D eigenvalue weighted by Crippen LogP contribution is 2.14. The van der Waals surface area contributed by atoms with Crippen LogP contribution in [0.1, 0.15) is 30.3 Å². The van der Waals surface area contributed by atoms with Crippen LogP contribution in [0, 0.1) is 13.8 Å². The van der Waals surface area contributed by atoms with Gasteiger partial charge in [0, 0.05) is 18.8 Å². The highest BCUT2D eigenvalue weighted by atomic mass is 15.3. The molecule has 0 saturated carbocycles. The first-order valence-electron chi connectivity index (χ1n) is 6.87. The highest BCUT2D eigenvalue weighted by Gasteiger charge is 2.11. The highest BCUT2D eigenvalue weighted by molar-refractivity contribution is 5.41. The molecule has 0 spiro atoms. The van der Waals surface area contributed by atoms with E-state index in [0.29, 0.717) is 5.95 Å². The second-order valence-electron chi connectivity index (χ2n) is 4.95. The maximum absolute atomic E-state index is 5.72. The zero-order valence-electron chi connectivity index (χ0n) is 12.3. The molecular formula is C15H21N5. The molecule has 0 bridgehead atoms. The number of benzene rings is 1. The van der Waals surface area contributed by atoms with Crippen LogP contribution in [0.2, 0.25) is 0 Å². The van der Waals surface area contributed by atoms with E-state index < -0.39 is 0 Å².